The Bertz CT molecular complexity index is 363. The number of hydrogen-bond donors (Lipinski definition) is 2. The number of carbonyl (C=O) groups is 1. The molecule has 0 unspecified atom stereocenters. The lowest BCUT2D eigenvalue weighted by atomic mass is 9.93. The minimum absolute atomic E-state index is 0.0788. The molecule has 0 aliphatic carbocycles. The Hall–Kier alpha value is -1.42. The van der Waals surface area contributed by atoms with Gasteiger partial charge in [0.05, 0.1) is 0 Å². The summed E-state index contributed by atoms with van der Waals surface area (Å²) in [6.45, 7) is 5.83. The molecular weight excluding hydrogens is 226 g/mol. The van der Waals surface area contributed by atoms with Crippen LogP contribution in [0, 0.1) is 5.41 Å². The average Bonchev–Trinajstić information content (AvgIpc) is 2.35. The Morgan fingerprint density at radius 3 is 2.72 bits per heavy atom. The van der Waals surface area contributed by atoms with Gasteiger partial charge in [0.2, 0.25) is 5.91 Å². The van der Waals surface area contributed by atoms with Crippen LogP contribution in [0.3, 0.4) is 0 Å². The third kappa shape index (κ3) is 5.77. The fraction of sp³-hybridized carbons (Fsp3) is 0.571. The lowest BCUT2D eigenvalue weighted by molar-refractivity contribution is -0.121. The van der Waals surface area contributed by atoms with E-state index in [9.17, 15) is 4.79 Å². The maximum Gasteiger partial charge on any atom is 0.220 e. The van der Waals surface area contributed by atoms with Gasteiger partial charge in [-0.25, -0.2) is 0 Å². The highest BCUT2D eigenvalue weighted by atomic mass is 16.1. The van der Waals surface area contributed by atoms with Gasteiger partial charge in [-0.05, 0) is 31.0 Å². The van der Waals surface area contributed by atoms with Gasteiger partial charge in [-0.1, -0.05) is 19.9 Å². The van der Waals surface area contributed by atoms with Gasteiger partial charge in [0.15, 0.2) is 0 Å². The van der Waals surface area contributed by atoms with Crippen molar-refractivity contribution in [3.8, 4) is 0 Å². The summed E-state index contributed by atoms with van der Waals surface area (Å²) < 4.78 is 0. The summed E-state index contributed by atoms with van der Waals surface area (Å²) in [5.74, 6) is 0.0878. The molecule has 0 spiro atoms. The minimum Gasteiger partial charge on any atom is -0.356 e. The van der Waals surface area contributed by atoms with Crippen molar-refractivity contribution in [1.82, 2.24) is 15.6 Å². The molecule has 0 bridgehead atoms. The molecule has 0 atom stereocenters. The number of nitrogens with zero attached hydrogens (tertiary/aromatic N) is 1. The molecule has 100 valence electrons. The smallest absolute Gasteiger partial charge is 0.220 e. The molecule has 0 fully saturated rings. The van der Waals surface area contributed by atoms with E-state index in [-0.39, 0.29) is 11.3 Å². The highest BCUT2D eigenvalue weighted by molar-refractivity contribution is 5.76. The van der Waals surface area contributed by atoms with E-state index in [1.165, 1.54) is 0 Å². The highest BCUT2D eigenvalue weighted by Crippen LogP contribution is 2.11. The van der Waals surface area contributed by atoms with Gasteiger partial charge < -0.3 is 10.6 Å². The SMILES string of the molecule is CNCC(C)(C)CNC(=O)CCc1ccccn1. The van der Waals surface area contributed by atoms with Crippen molar-refractivity contribution in [2.45, 2.75) is 26.7 Å². The molecule has 1 aromatic rings. The van der Waals surface area contributed by atoms with E-state index in [2.05, 4.69) is 29.5 Å². The molecule has 0 aliphatic rings. The Morgan fingerprint density at radius 2 is 2.11 bits per heavy atom. The van der Waals surface area contributed by atoms with Crippen LogP contribution in [0.2, 0.25) is 0 Å². The number of aromatic nitrogens is 1. The third-order valence-electron chi connectivity index (χ3n) is 2.75. The Labute approximate surface area is 109 Å². The summed E-state index contributed by atoms with van der Waals surface area (Å²) in [7, 11) is 1.92. The molecule has 1 amide bonds. The first kappa shape index (κ1) is 14.6. The van der Waals surface area contributed by atoms with E-state index in [0.29, 0.717) is 19.4 Å². The average molecular weight is 249 g/mol. The standard InChI is InChI=1S/C14H23N3O/c1-14(2,10-15-3)11-17-13(18)8-7-12-6-4-5-9-16-12/h4-6,9,15H,7-8,10-11H2,1-3H3,(H,17,18). The number of nitrogens with one attached hydrogen (secondary N) is 2. The molecule has 1 rings (SSSR count). The summed E-state index contributed by atoms with van der Waals surface area (Å²) in [6, 6.07) is 5.76. The van der Waals surface area contributed by atoms with Crippen LogP contribution in [0.25, 0.3) is 0 Å². The van der Waals surface area contributed by atoms with Crippen LogP contribution in [0.15, 0.2) is 24.4 Å². The van der Waals surface area contributed by atoms with E-state index < -0.39 is 0 Å². The van der Waals surface area contributed by atoms with Gasteiger partial charge in [-0.15, -0.1) is 0 Å². The summed E-state index contributed by atoms with van der Waals surface area (Å²) in [4.78, 5) is 15.9. The molecular formula is C14H23N3O. The first-order valence-corrected chi connectivity index (χ1v) is 6.35. The Balaban J connectivity index is 2.26. The van der Waals surface area contributed by atoms with Crippen molar-refractivity contribution >= 4 is 5.91 Å². The van der Waals surface area contributed by atoms with Gasteiger partial charge in [0.1, 0.15) is 0 Å². The van der Waals surface area contributed by atoms with Crippen molar-refractivity contribution in [3.05, 3.63) is 30.1 Å². The van der Waals surface area contributed by atoms with Crippen molar-refractivity contribution in [2.24, 2.45) is 5.41 Å². The zero-order valence-electron chi connectivity index (χ0n) is 11.5. The largest absolute Gasteiger partial charge is 0.356 e. The van der Waals surface area contributed by atoms with Gasteiger partial charge in [0, 0.05) is 31.4 Å². The number of pyridine rings is 1. The molecule has 4 nitrogen and oxygen atoms in total. The highest BCUT2D eigenvalue weighted by Gasteiger charge is 2.17. The Kier molecular flexibility index (Phi) is 5.78. The zero-order valence-corrected chi connectivity index (χ0v) is 11.5. The first-order chi connectivity index (χ1) is 8.53. The van der Waals surface area contributed by atoms with E-state index in [0.717, 1.165) is 12.2 Å². The fourth-order valence-corrected chi connectivity index (χ4v) is 1.75. The second-order valence-corrected chi connectivity index (χ2v) is 5.29. The molecule has 0 saturated carbocycles. The van der Waals surface area contributed by atoms with Gasteiger partial charge in [0.25, 0.3) is 0 Å². The molecule has 0 saturated heterocycles. The quantitative estimate of drug-likeness (QED) is 0.767. The molecule has 0 aromatic carbocycles. The van der Waals surface area contributed by atoms with Gasteiger partial charge in [-0.3, -0.25) is 9.78 Å². The van der Waals surface area contributed by atoms with Crippen molar-refractivity contribution in [2.75, 3.05) is 20.1 Å². The van der Waals surface area contributed by atoms with Crippen LogP contribution < -0.4 is 10.6 Å². The predicted molar refractivity (Wildman–Crippen MR) is 73.3 cm³/mol. The number of hydrogen-bond acceptors (Lipinski definition) is 3. The second kappa shape index (κ2) is 7.11. The molecule has 4 heteroatoms. The van der Waals surface area contributed by atoms with Gasteiger partial charge >= 0.3 is 0 Å². The van der Waals surface area contributed by atoms with Gasteiger partial charge in [-0.2, -0.15) is 0 Å². The zero-order chi connectivity index (χ0) is 13.4. The fourth-order valence-electron chi connectivity index (χ4n) is 1.75. The third-order valence-corrected chi connectivity index (χ3v) is 2.75. The van der Waals surface area contributed by atoms with Crippen LogP contribution in [0.1, 0.15) is 26.0 Å². The second-order valence-electron chi connectivity index (χ2n) is 5.29. The van der Waals surface area contributed by atoms with E-state index in [1.54, 1.807) is 6.20 Å². The number of amides is 1. The summed E-state index contributed by atoms with van der Waals surface area (Å²) in [5, 5.41) is 6.10. The summed E-state index contributed by atoms with van der Waals surface area (Å²) in [5.41, 5.74) is 1.04. The van der Waals surface area contributed by atoms with Crippen molar-refractivity contribution in [3.63, 3.8) is 0 Å². The summed E-state index contributed by atoms with van der Waals surface area (Å²) in [6.07, 6.45) is 2.94. The van der Waals surface area contributed by atoms with Crippen molar-refractivity contribution in [1.29, 1.82) is 0 Å². The van der Waals surface area contributed by atoms with Crippen LogP contribution in [0.4, 0.5) is 0 Å². The number of aryl methyl sites for hydroxylation is 1. The molecule has 0 radical (unpaired) electrons. The van der Waals surface area contributed by atoms with Crippen LogP contribution in [-0.2, 0) is 11.2 Å². The molecule has 1 heterocycles. The van der Waals surface area contributed by atoms with Crippen LogP contribution in [-0.4, -0.2) is 31.0 Å². The monoisotopic (exact) mass is 249 g/mol. The lowest BCUT2D eigenvalue weighted by Crippen LogP contribution is -2.39. The molecule has 0 aliphatic heterocycles. The number of rotatable bonds is 7. The molecule has 1 aromatic heterocycles. The maximum atomic E-state index is 11.7. The van der Waals surface area contributed by atoms with Crippen molar-refractivity contribution < 1.29 is 4.79 Å². The minimum atomic E-state index is 0.0788. The first-order valence-electron chi connectivity index (χ1n) is 6.35. The van der Waals surface area contributed by atoms with Crippen LogP contribution >= 0.6 is 0 Å². The van der Waals surface area contributed by atoms with Crippen LogP contribution in [0.5, 0.6) is 0 Å². The van der Waals surface area contributed by atoms with E-state index in [1.807, 2.05) is 25.2 Å². The lowest BCUT2D eigenvalue weighted by Gasteiger charge is -2.24. The predicted octanol–water partition coefficient (Wildman–Crippen LogP) is 1.38. The Morgan fingerprint density at radius 1 is 1.33 bits per heavy atom. The topological polar surface area (TPSA) is 54.0 Å². The maximum absolute atomic E-state index is 11.7. The summed E-state index contributed by atoms with van der Waals surface area (Å²) >= 11 is 0. The molecule has 18 heavy (non-hydrogen) atoms. The molecule has 2 N–H and O–H groups in total. The van der Waals surface area contributed by atoms with E-state index in [4.69, 9.17) is 0 Å². The number of carbonyl (C=O) groups excluding carboxylic acids is 1. The normalized spacial score (nSPS) is 11.3. The van der Waals surface area contributed by atoms with E-state index >= 15 is 0 Å².